The van der Waals surface area contributed by atoms with Crippen LogP contribution >= 0.6 is 0 Å². The Morgan fingerprint density at radius 2 is 2.24 bits per heavy atom. The van der Waals surface area contributed by atoms with Crippen LogP contribution in [-0.4, -0.2) is 19.6 Å². The van der Waals surface area contributed by atoms with Crippen molar-refractivity contribution in [3.63, 3.8) is 0 Å². The fourth-order valence-electron chi connectivity index (χ4n) is 2.79. The average molecular weight is 278 g/mol. The van der Waals surface area contributed by atoms with Gasteiger partial charge in [0.1, 0.15) is 5.65 Å². The van der Waals surface area contributed by atoms with Crippen LogP contribution < -0.4 is 5.56 Å². The molecule has 0 radical (unpaired) electrons. The number of nitrogens with one attached hydrogen (secondary N) is 1. The number of pyridine rings is 1. The topological polar surface area (TPSA) is 63.0 Å². The van der Waals surface area contributed by atoms with Gasteiger partial charge in [-0.3, -0.25) is 4.79 Å². The second-order valence-corrected chi connectivity index (χ2v) is 5.33. The summed E-state index contributed by atoms with van der Waals surface area (Å²) in [7, 11) is 0. The highest BCUT2D eigenvalue weighted by molar-refractivity contribution is 5.77. The van der Waals surface area contributed by atoms with E-state index in [0.717, 1.165) is 28.7 Å². The SMILES string of the molecule is Cc1cc2ncc3cc(C4C=CC=CC4)c(=O)[nH]c3n2n1. The molecule has 4 rings (SSSR count). The first kappa shape index (κ1) is 12.1. The van der Waals surface area contributed by atoms with E-state index >= 15 is 0 Å². The van der Waals surface area contributed by atoms with Crippen molar-refractivity contribution in [2.75, 3.05) is 0 Å². The maximum absolute atomic E-state index is 12.4. The number of hydrogen-bond acceptors (Lipinski definition) is 3. The summed E-state index contributed by atoms with van der Waals surface area (Å²) in [4.78, 5) is 19.8. The van der Waals surface area contributed by atoms with Crippen LogP contribution in [0.15, 0.2) is 47.4 Å². The van der Waals surface area contributed by atoms with E-state index in [1.807, 2.05) is 31.2 Å². The molecule has 0 saturated heterocycles. The average Bonchev–Trinajstić information content (AvgIpc) is 2.88. The number of allylic oxidation sites excluding steroid dienone is 4. The third-order valence-corrected chi connectivity index (χ3v) is 3.82. The van der Waals surface area contributed by atoms with E-state index < -0.39 is 0 Å². The molecule has 3 heterocycles. The maximum Gasteiger partial charge on any atom is 0.253 e. The first-order valence-corrected chi connectivity index (χ1v) is 6.94. The first-order chi connectivity index (χ1) is 10.2. The van der Waals surface area contributed by atoms with Crippen molar-refractivity contribution in [3.8, 4) is 0 Å². The summed E-state index contributed by atoms with van der Waals surface area (Å²) in [6, 6.07) is 3.81. The van der Waals surface area contributed by atoms with Crippen LogP contribution in [0.5, 0.6) is 0 Å². The third-order valence-electron chi connectivity index (χ3n) is 3.82. The van der Waals surface area contributed by atoms with Crippen molar-refractivity contribution < 1.29 is 0 Å². The number of aryl methyl sites for hydroxylation is 1. The van der Waals surface area contributed by atoms with Crippen LogP contribution in [0.25, 0.3) is 16.7 Å². The van der Waals surface area contributed by atoms with Crippen molar-refractivity contribution in [3.05, 3.63) is 64.2 Å². The standard InChI is InChI=1S/C16H14N4O/c1-10-7-14-17-9-12-8-13(11-5-3-2-4-6-11)16(21)18-15(12)20(14)19-10/h2-5,7-9,11H,6H2,1H3,(H,18,21). The Balaban J connectivity index is 1.98. The molecule has 1 aliphatic rings. The van der Waals surface area contributed by atoms with E-state index in [4.69, 9.17) is 0 Å². The van der Waals surface area contributed by atoms with E-state index in [9.17, 15) is 4.79 Å². The molecule has 21 heavy (non-hydrogen) atoms. The van der Waals surface area contributed by atoms with Gasteiger partial charge in [-0.15, -0.1) is 0 Å². The fourth-order valence-corrected chi connectivity index (χ4v) is 2.79. The monoisotopic (exact) mass is 278 g/mol. The number of nitrogens with zero attached hydrogens (tertiary/aromatic N) is 3. The molecular formula is C16H14N4O. The van der Waals surface area contributed by atoms with Gasteiger partial charge < -0.3 is 4.98 Å². The molecule has 0 amide bonds. The van der Waals surface area contributed by atoms with Crippen LogP contribution in [0, 0.1) is 6.92 Å². The second-order valence-electron chi connectivity index (χ2n) is 5.33. The van der Waals surface area contributed by atoms with E-state index in [1.54, 1.807) is 10.7 Å². The minimum absolute atomic E-state index is 0.0619. The van der Waals surface area contributed by atoms with E-state index in [1.165, 1.54) is 0 Å². The molecule has 1 aliphatic carbocycles. The van der Waals surface area contributed by atoms with Gasteiger partial charge in [-0.05, 0) is 19.4 Å². The van der Waals surface area contributed by atoms with Gasteiger partial charge in [-0.1, -0.05) is 24.3 Å². The quantitative estimate of drug-likeness (QED) is 0.743. The molecule has 5 heteroatoms. The fraction of sp³-hybridized carbons (Fsp3) is 0.188. The lowest BCUT2D eigenvalue weighted by Gasteiger charge is -2.13. The summed E-state index contributed by atoms with van der Waals surface area (Å²) in [5.74, 6) is 0.123. The van der Waals surface area contributed by atoms with Crippen LogP contribution in [0.3, 0.4) is 0 Å². The van der Waals surface area contributed by atoms with Gasteiger partial charge in [0, 0.05) is 29.1 Å². The molecule has 0 spiro atoms. The van der Waals surface area contributed by atoms with Crippen molar-refractivity contribution in [1.82, 2.24) is 19.6 Å². The Hall–Kier alpha value is -2.69. The number of hydrogen-bond donors (Lipinski definition) is 1. The molecule has 0 saturated carbocycles. The molecule has 0 bridgehead atoms. The Morgan fingerprint density at radius 3 is 3.05 bits per heavy atom. The summed E-state index contributed by atoms with van der Waals surface area (Å²) in [5, 5.41) is 5.28. The summed E-state index contributed by atoms with van der Waals surface area (Å²) in [6.07, 6.45) is 10.8. The van der Waals surface area contributed by atoms with Crippen LogP contribution in [-0.2, 0) is 0 Å². The Bertz CT molecular complexity index is 961. The summed E-state index contributed by atoms with van der Waals surface area (Å²) in [6.45, 7) is 1.91. The highest BCUT2D eigenvalue weighted by Gasteiger charge is 2.15. The maximum atomic E-state index is 12.4. The van der Waals surface area contributed by atoms with Crippen molar-refractivity contribution in [1.29, 1.82) is 0 Å². The van der Waals surface area contributed by atoms with Gasteiger partial charge in [-0.25, -0.2) is 4.98 Å². The number of H-pyrrole nitrogens is 1. The van der Waals surface area contributed by atoms with Gasteiger partial charge in [-0.2, -0.15) is 9.61 Å². The summed E-state index contributed by atoms with van der Waals surface area (Å²) in [5.41, 5.74) is 3.02. The summed E-state index contributed by atoms with van der Waals surface area (Å²) >= 11 is 0. The van der Waals surface area contributed by atoms with E-state index in [-0.39, 0.29) is 11.5 Å². The largest absolute Gasteiger partial charge is 0.306 e. The minimum atomic E-state index is -0.0619. The van der Waals surface area contributed by atoms with Crippen molar-refractivity contribution >= 4 is 16.7 Å². The molecule has 1 atom stereocenters. The number of aromatic nitrogens is 4. The van der Waals surface area contributed by atoms with Crippen LogP contribution in [0.2, 0.25) is 0 Å². The zero-order valence-electron chi connectivity index (χ0n) is 11.6. The molecule has 3 aromatic rings. The molecule has 0 aromatic carbocycles. The normalized spacial score (nSPS) is 17.9. The van der Waals surface area contributed by atoms with Crippen LogP contribution in [0.1, 0.15) is 23.6 Å². The molecule has 1 unspecified atom stereocenters. The molecule has 1 N–H and O–H groups in total. The van der Waals surface area contributed by atoms with Gasteiger partial charge >= 0.3 is 0 Å². The van der Waals surface area contributed by atoms with Gasteiger partial charge in [0.15, 0.2) is 5.65 Å². The third kappa shape index (κ3) is 1.89. The highest BCUT2D eigenvalue weighted by atomic mass is 16.1. The number of fused-ring (bicyclic) bond motifs is 3. The Morgan fingerprint density at radius 1 is 1.33 bits per heavy atom. The summed E-state index contributed by atoms with van der Waals surface area (Å²) < 4.78 is 1.69. The predicted octanol–water partition coefficient (Wildman–Crippen LogP) is 2.48. The zero-order chi connectivity index (χ0) is 14.4. The van der Waals surface area contributed by atoms with E-state index in [2.05, 4.69) is 27.2 Å². The molecule has 0 fully saturated rings. The van der Waals surface area contributed by atoms with Gasteiger partial charge in [0.25, 0.3) is 5.56 Å². The molecule has 5 nitrogen and oxygen atoms in total. The van der Waals surface area contributed by atoms with Crippen molar-refractivity contribution in [2.24, 2.45) is 0 Å². The number of aromatic amines is 1. The molecule has 3 aromatic heterocycles. The predicted molar refractivity (Wildman–Crippen MR) is 81.5 cm³/mol. The van der Waals surface area contributed by atoms with Crippen molar-refractivity contribution in [2.45, 2.75) is 19.3 Å². The zero-order valence-corrected chi connectivity index (χ0v) is 11.6. The Kier molecular flexibility index (Phi) is 2.54. The lowest BCUT2D eigenvalue weighted by Crippen LogP contribution is -2.17. The first-order valence-electron chi connectivity index (χ1n) is 6.94. The minimum Gasteiger partial charge on any atom is -0.306 e. The Labute approximate surface area is 120 Å². The van der Waals surface area contributed by atoms with Crippen LogP contribution in [0.4, 0.5) is 0 Å². The molecule has 104 valence electrons. The lowest BCUT2D eigenvalue weighted by atomic mass is 9.93. The smallest absolute Gasteiger partial charge is 0.253 e. The van der Waals surface area contributed by atoms with Gasteiger partial charge in [0.05, 0.1) is 5.69 Å². The molecular weight excluding hydrogens is 264 g/mol. The molecule has 0 aliphatic heterocycles. The van der Waals surface area contributed by atoms with Gasteiger partial charge in [0.2, 0.25) is 0 Å². The second kappa shape index (κ2) is 4.41. The van der Waals surface area contributed by atoms with E-state index in [0.29, 0.717) is 5.65 Å². The highest BCUT2D eigenvalue weighted by Crippen LogP contribution is 2.24. The number of rotatable bonds is 1. The lowest BCUT2D eigenvalue weighted by molar-refractivity contribution is 0.834.